The minimum atomic E-state index is 0.501. The zero-order valence-electron chi connectivity index (χ0n) is 9.62. The first kappa shape index (κ1) is 10.9. The zero-order chi connectivity index (χ0) is 12.5. The van der Waals surface area contributed by atoms with E-state index in [2.05, 4.69) is 15.1 Å². The summed E-state index contributed by atoms with van der Waals surface area (Å²) in [6.07, 6.45) is 3.39. The Morgan fingerprint density at radius 2 is 2.06 bits per heavy atom. The molecule has 0 aliphatic heterocycles. The molecule has 0 amide bonds. The van der Waals surface area contributed by atoms with Gasteiger partial charge in [-0.3, -0.25) is 4.98 Å². The van der Waals surface area contributed by atoms with Crippen LogP contribution in [0.5, 0.6) is 0 Å². The molecule has 0 saturated carbocycles. The van der Waals surface area contributed by atoms with Gasteiger partial charge >= 0.3 is 0 Å². The molecule has 0 saturated heterocycles. The summed E-state index contributed by atoms with van der Waals surface area (Å²) >= 11 is 1.45. The molecule has 3 aromatic heterocycles. The fourth-order valence-electron chi connectivity index (χ4n) is 1.65. The minimum absolute atomic E-state index is 0.501. The van der Waals surface area contributed by atoms with Crippen molar-refractivity contribution >= 4 is 16.3 Å². The number of nitrogen functional groups attached to an aromatic ring is 1. The normalized spacial score (nSPS) is 10.7. The molecule has 0 fully saturated rings. The van der Waals surface area contributed by atoms with Gasteiger partial charge in [0, 0.05) is 18.0 Å². The summed E-state index contributed by atoms with van der Waals surface area (Å²) < 4.78 is 5.27. The number of pyridine rings is 1. The Morgan fingerprint density at radius 1 is 1.28 bits per heavy atom. The maximum atomic E-state index is 5.76. The lowest BCUT2D eigenvalue weighted by molar-refractivity contribution is 0.433. The van der Waals surface area contributed by atoms with E-state index in [9.17, 15) is 0 Å². The van der Waals surface area contributed by atoms with E-state index in [1.807, 2.05) is 25.1 Å². The molecule has 2 N–H and O–H groups in total. The molecule has 3 rings (SSSR count). The van der Waals surface area contributed by atoms with Crippen molar-refractivity contribution in [3.63, 3.8) is 0 Å². The second-order valence-corrected chi connectivity index (χ2v) is 4.90. The van der Waals surface area contributed by atoms with E-state index in [0.717, 1.165) is 21.0 Å². The number of nitrogens with two attached hydrogens (primary N) is 1. The van der Waals surface area contributed by atoms with Crippen molar-refractivity contribution in [2.24, 2.45) is 0 Å². The van der Waals surface area contributed by atoms with Crippen LogP contribution in [0.3, 0.4) is 0 Å². The largest absolute Gasteiger partial charge is 0.391 e. The standard InChI is InChI=1S/C12H10N4OS/c1-7-6-9(13)18-10(7)12-15-11(16-17-12)8-2-4-14-5-3-8/h2-6H,13H2,1H3. The lowest BCUT2D eigenvalue weighted by Crippen LogP contribution is -1.81. The maximum absolute atomic E-state index is 5.76. The summed E-state index contributed by atoms with van der Waals surface area (Å²) in [6.45, 7) is 1.97. The van der Waals surface area contributed by atoms with Crippen molar-refractivity contribution < 1.29 is 4.52 Å². The average Bonchev–Trinajstić information content (AvgIpc) is 2.97. The highest BCUT2D eigenvalue weighted by atomic mass is 32.1. The van der Waals surface area contributed by atoms with Crippen LogP contribution < -0.4 is 5.73 Å². The third kappa shape index (κ3) is 1.86. The van der Waals surface area contributed by atoms with Crippen LogP contribution in [0, 0.1) is 6.92 Å². The third-order valence-corrected chi connectivity index (χ3v) is 3.55. The molecule has 0 spiro atoms. The van der Waals surface area contributed by atoms with Gasteiger partial charge in [-0.2, -0.15) is 4.98 Å². The predicted octanol–water partition coefficient (Wildman–Crippen LogP) is 2.75. The quantitative estimate of drug-likeness (QED) is 0.764. The highest BCUT2D eigenvalue weighted by Gasteiger charge is 2.14. The summed E-state index contributed by atoms with van der Waals surface area (Å²) in [5.74, 6) is 1.06. The molecule has 5 nitrogen and oxygen atoms in total. The number of nitrogens with zero attached hydrogens (tertiary/aromatic N) is 3. The predicted molar refractivity (Wildman–Crippen MR) is 70.0 cm³/mol. The number of rotatable bonds is 2. The lowest BCUT2D eigenvalue weighted by Gasteiger charge is -1.90. The fourth-order valence-corrected chi connectivity index (χ4v) is 2.51. The van der Waals surface area contributed by atoms with Crippen molar-refractivity contribution in [1.29, 1.82) is 0 Å². The summed E-state index contributed by atoms with van der Waals surface area (Å²) in [7, 11) is 0. The van der Waals surface area contributed by atoms with Crippen LogP contribution in [0.15, 0.2) is 35.1 Å². The first-order valence-electron chi connectivity index (χ1n) is 5.34. The highest BCUT2D eigenvalue weighted by Crippen LogP contribution is 2.33. The van der Waals surface area contributed by atoms with Crippen LogP contribution in [0.2, 0.25) is 0 Å². The second kappa shape index (κ2) is 4.23. The molecule has 0 radical (unpaired) electrons. The number of hydrogen-bond donors (Lipinski definition) is 1. The molecule has 90 valence electrons. The topological polar surface area (TPSA) is 77.8 Å². The zero-order valence-corrected chi connectivity index (χ0v) is 10.4. The molecule has 0 atom stereocenters. The Hall–Kier alpha value is -2.21. The van der Waals surface area contributed by atoms with Gasteiger partial charge in [-0.1, -0.05) is 5.16 Å². The summed E-state index contributed by atoms with van der Waals surface area (Å²) in [6, 6.07) is 5.57. The van der Waals surface area contributed by atoms with Gasteiger partial charge in [0.2, 0.25) is 5.82 Å². The van der Waals surface area contributed by atoms with Crippen LogP contribution in [-0.4, -0.2) is 15.1 Å². The van der Waals surface area contributed by atoms with Gasteiger partial charge in [0.1, 0.15) is 0 Å². The SMILES string of the molecule is Cc1cc(N)sc1-c1nc(-c2ccncc2)no1. The molecular formula is C12H10N4OS. The van der Waals surface area contributed by atoms with Gasteiger partial charge in [-0.05, 0) is 30.7 Å². The first-order valence-corrected chi connectivity index (χ1v) is 6.16. The van der Waals surface area contributed by atoms with Crippen LogP contribution >= 0.6 is 11.3 Å². The Kier molecular flexibility index (Phi) is 2.56. The monoisotopic (exact) mass is 258 g/mol. The van der Waals surface area contributed by atoms with Crippen molar-refractivity contribution in [2.75, 3.05) is 5.73 Å². The van der Waals surface area contributed by atoms with Crippen molar-refractivity contribution in [3.8, 4) is 22.2 Å². The molecule has 0 aliphatic carbocycles. The van der Waals surface area contributed by atoms with E-state index in [4.69, 9.17) is 10.3 Å². The molecule has 0 bridgehead atoms. The number of anilines is 1. The number of thiophene rings is 1. The van der Waals surface area contributed by atoms with Crippen LogP contribution in [0.25, 0.3) is 22.2 Å². The average molecular weight is 258 g/mol. The Labute approximate surface area is 107 Å². The van der Waals surface area contributed by atoms with Gasteiger partial charge in [-0.15, -0.1) is 11.3 Å². The smallest absolute Gasteiger partial charge is 0.268 e. The third-order valence-electron chi connectivity index (χ3n) is 2.50. The fraction of sp³-hybridized carbons (Fsp3) is 0.0833. The van der Waals surface area contributed by atoms with Crippen molar-refractivity contribution in [2.45, 2.75) is 6.92 Å². The van der Waals surface area contributed by atoms with Gasteiger partial charge in [-0.25, -0.2) is 0 Å². The van der Waals surface area contributed by atoms with Crippen molar-refractivity contribution in [3.05, 3.63) is 36.2 Å². The van der Waals surface area contributed by atoms with E-state index in [-0.39, 0.29) is 0 Å². The van der Waals surface area contributed by atoms with E-state index in [1.165, 1.54) is 11.3 Å². The van der Waals surface area contributed by atoms with E-state index in [0.29, 0.717) is 11.7 Å². The lowest BCUT2D eigenvalue weighted by atomic mass is 10.2. The molecule has 0 aliphatic rings. The molecular weight excluding hydrogens is 248 g/mol. The number of hydrogen-bond acceptors (Lipinski definition) is 6. The summed E-state index contributed by atoms with van der Waals surface area (Å²) in [5, 5.41) is 4.71. The minimum Gasteiger partial charge on any atom is -0.391 e. The second-order valence-electron chi connectivity index (χ2n) is 3.82. The molecule has 6 heteroatoms. The van der Waals surface area contributed by atoms with Gasteiger partial charge in [0.05, 0.1) is 9.88 Å². The number of aromatic nitrogens is 3. The molecule has 3 aromatic rings. The van der Waals surface area contributed by atoms with Crippen LogP contribution in [0.1, 0.15) is 5.56 Å². The maximum Gasteiger partial charge on any atom is 0.268 e. The Morgan fingerprint density at radius 3 is 2.72 bits per heavy atom. The Bertz CT molecular complexity index is 674. The number of aryl methyl sites for hydroxylation is 1. The van der Waals surface area contributed by atoms with Gasteiger partial charge in [0.15, 0.2) is 0 Å². The molecule has 3 heterocycles. The van der Waals surface area contributed by atoms with Crippen LogP contribution in [-0.2, 0) is 0 Å². The van der Waals surface area contributed by atoms with Crippen LogP contribution in [0.4, 0.5) is 5.00 Å². The summed E-state index contributed by atoms with van der Waals surface area (Å²) in [5.41, 5.74) is 7.68. The molecule has 0 unspecified atom stereocenters. The molecule has 18 heavy (non-hydrogen) atoms. The Balaban J connectivity index is 2.02. The van der Waals surface area contributed by atoms with Gasteiger partial charge in [0.25, 0.3) is 5.89 Å². The van der Waals surface area contributed by atoms with Crippen molar-refractivity contribution in [1.82, 2.24) is 15.1 Å². The summed E-state index contributed by atoms with van der Waals surface area (Å²) in [4.78, 5) is 9.24. The van der Waals surface area contributed by atoms with Gasteiger partial charge < -0.3 is 10.3 Å². The first-order chi connectivity index (χ1) is 8.74. The van der Waals surface area contributed by atoms with E-state index >= 15 is 0 Å². The van der Waals surface area contributed by atoms with E-state index in [1.54, 1.807) is 12.4 Å². The van der Waals surface area contributed by atoms with E-state index < -0.39 is 0 Å². The molecule has 0 aromatic carbocycles. The highest BCUT2D eigenvalue weighted by molar-refractivity contribution is 7.19.